The molecule has 1 amide bonds. The topological polar surface area (TPSA) is 83.8 Å². The van der Waals surface area contributed by atoms with Gasteiger partial charge in [-0.2, -0.15) is 0 Å². The number of nitrogens with zero attached hydrogens (tertiary/aromatic N) is 1. The number of carbonyl (C=O) groups is 1. The quantitative estimate of drug-likeness (QED) is 0.644. The van der Waals surface area contributed by atoms with E-state index in [9.17, 15) is 4.79 Å². The maximum Gasteiger partial charge on any atom is 0.257 e. The summed E-state index contributed by atoms with van der Waals surface area (Å²) in [4.78, 5) is 19.3. The number of carbonyl (C=O) groups excluding carboxylic acids is 1. The smallest absolute Gasteiger partial charge is 0.257 e. The Balaban J connectivity index is 1.77. The van der Waals surface area contributed by atoms with Crippen molar-refractivity contribution in [2.24, 2.45) is 0 Å². The minimum Gasteiger partial charge on any atom is -0.398 e. The van der Waals surface area contributed by atoms with E-state index in [4.69, 9.17) is 5.73 Å². The molecule has 0 bridgehead atoms. The molecule has 2 aromatic carbocycles. The first kappa shape index (κ1) is 12.9. The van der Waals surface area contributed by atoms with Gasteiger partial charge in [0.05, 0.1) is 5.56 Å². The first-order valence-corrected chi connectivity index (χ1v) is 6.50. The largest absolute Gasteiger partial charge is 0.398 e. The van der Waals surface area contributed by atoms with Crippen LogP contribution >= 0.6 is 0 Å². The molecule has 0 radical (unpaired) electrons. The van der Waals surface area contributed by atoms with E-state index in [1.54, 1.807) is 36.7 Å². The van der Waals surface area contributed by atoms with Crippen molar-refractivity contribution in [3.63, 3.8) is 0 Å². The highest BCUT2D eigenvalue weighted by Gasteiger charge is 2.09. The zero-order chi connectivity index (χ0) is 14.7. The molecule has 0 spiro atoms. The number of para-hydroxylation sites is 1. The lowest BCUT2D eigenvalue weighted by Crippen LogP contribution is -2.13. The third kappa shape index (κ3) is 2.76. The van der Waals surface area contributed by atoms with Gasteiger partial charge in [0, 0.05) is 29.3 Å². The van der Waals surface area contributed by atoms with E-state index in [2.05, 4.69) is 15.3 Å². The van der Waals surface area contributed by atoms with Crippen LogP contribution in [-0.2, 0) is 0 Å². The lowest BCUT2D eigenvalue weighted by atomic mass is 10.1. The summed E-state index contributed by atoms with van der Waals surface area (Å²) in [6.45, 7) is 0. The van der Waals surface area contributed by atoms with Gasteiger partial charge < -0.3 is 16.0 Å². The molecule has 0 aliphatic heterocycles. The van der Waals surface area contributed by atoms with Crippen LogP contribution in [0.2, 0.25) is 0 Å². The van der Waals surface area contributed by atoms with Crippen LogP contribution < -0.4 is 11.1 Å². The van der Waals surface area contributed by atoms with Crippen molar-refractivity contribution in [1.29, 1.82) is 0 Å². The van der Waals surface area contributed by atoms with Crippen molar-refractivity contribution in [2.45, 2.75) is 0 Å². The summed E-state index contributed by atoms with van der Waals surface area (Å²) in [5.41, 5.74) is 8.38. The second-order valence-electron chi connectivity index (χ2n) is 4.56. The highest BCUT2D eigenvalue weighted by atomic mass is 16.1. The number of anilines is 2. The molecule has 0 unspecified atom stereocenters. The Morgan fingerprint density at radius 1 is 1.10 bits per heavy atom. The van der Waals surface area contributed by atoms with Crippen LogP contribution in [0, 0.1) is 0 Å². The summed E-state index contributed by atoms with van der Waals surface area (Å²) in [6, 6.07) is 14.4. The Labute approximate surface area is 121 Å². The fourth-order valence-electron chi connectivity index (χ4n) is 2.04. The van der Waals surface area contributed by atoms with E-state index < -0.39 is 0 Å². The summed E-state index contributed by atoms with van der Waals surface area (Å²) in [5, 5.41) is 2.82. The molecule has 5 nitrogen and oxygen atoms in total. The number of hydrogen-bond acceptors (Lipinski definition) is 3. The van der Waals surface area contributed by atoms with Crippen LogP contribution in [0.25, 0.3) is 11.4 Å². The number of rotatable bonds is 3. The van der Waals surface area contributed by atoms with Gasteiger partial charge in [-0.05, 0) is 36.4 Å². The highest BCUT2D eigenvalue weighted by Crippen LogP contribution is 2.19. The van der Waals surface area contributed by atoms with Crippen molar-refractivity contribution in [2.75, 3.05) is 11.1 Å². The Bertz CT molecular complexity index is 748. The van der Waals surface area contributed by atoms with Crippen molar-refractivity contribution < 1.29 is 4.79 Å². The van der Waals surface area contributed by atoms with Crippen LogP contribution in [0.1, 0.15) is 10.4 Å². The first-order valence-electron chi connectivity index (χ1n) is 6.50. The number of nitrogens with two attached hydrogens (primary N) is 1. The normalized spacial score (nSPS) is 10.3. The minimum atomic E-state index is -0.223. The molecule has 3 aromatic rings. The fraction of sp³-hybridized carbons (Fsp3) is 0. The molecule has 0 atom stereocenters. The number of nitrogens with one attached hydrogen (secondary N) is 2. The maximum atomic E-state index is 12.1. The summed E-state index contributed by atoms with van der Waals surface area (Å²) < 4.78 is 0. The molecular formula is C16H14N4O. The standard InChI is InChI=1S/C16H14N4O/c17-14-4-2-1-3-13(14)16(21)20-12-7-5-11(6-8-12)15-18-9-10-19-15/h1-10H,17H2,(H,18,19)(H,20,21). The van der Waals surface area contributed by atoms with Gasteiger partial charge in [0.1, 0.15) is 5.82 Å². The van der Waals surface area contributed by atoms with E-state index in [1.165, 1.54) is 0 Å². The zero-order valence-corrected chi connectivity index (χ0v) is 11.2. The van der Waals surface area contributed by atoms with Gasteiger partial charge in [0.2, 0.25) is 0 Å². The van der Waals surface area contributed by atoms with Gasteiger partial charge in [0.15, 0.2) is 0 Å². The van der Waals surface area contributed by atoms with Gasteiger partial charge in [-0.25, -0.2) is 4.98 Å². The van der Waals surface area contributed by atoms with E-state index in [1.807, 2.05) is 24.3 Å². The number of benzene rings is 2. The average Bonchev–Trinajstić information content (AvgIpc) is 3.02. The molecule has 0 saturated heterocycles. The van der Waals surface area contributed by atoms with Crippen LogP contribution in [0.5, 0.6) is 0 Å². The van der Waals surface area contributed by atoms with Crippen LogP contribution in [-0.4, -0.2) is 15.9 Å². The van der Waals surface area contributed by atoms with Gasteiger partial charge >= 0.3 is 0 Å². The molecule has 0 fully saturated rings. The Kier molecular flexibility index (Phi) is 3.39. The molecule has 4 N–H and O–H groups in total. The molecule has 0 saturated carbocycles. The second-order valence-corrected chi connectivity index (χ2v) is 4.56. The third-order valence-electron chi connectivity index (χ3n) is 3.12. The maximum absolute atomic E-state index is 12.1. The van der Waals surface area contributed by atoms with E-state index >= 15 is 0 Å². The predicted octanol–water partition coefficient (Wildman–Crippen LogP) is 2.91. The third-order valence-corrected chi connectivity index (χ3v) is 3.12. The number of amides is 1. The van der Waals surface area contributed by atoms with Gasteiger partial charge in [-0.15, -0.1) is 0 Å². The summed E-state index contributed by atoms with van der Waals surface area (Å²) in [6.07, 6.45) is 3.46. The molecule has 0 aliphatic carbocycles. The van der Waals surface area contributed by atoms with Crippen molar-refractivity contribution in [3.05, 3.63) is 66.5 Å². The Morgan fingerprint density at radius 3 is 2.52 bits per heavy atom. The molecule has 0 aliphatic rings. The van der Waals surface area contributed by atoms with E-state index in [0.717, 1.165) is 11.4 Å². The van der Waals surface area contributed by atoms with Gasteiger partial charge in [0.25, 0.3) is 5.91 Å². The number of aromatic nitrogens is 2. The fourth-order valence-corrected chi connectivity index (χ4v) is 2.04. The summed E-state index contributed by atoms with van der Waals surface area (Å²) >= 11 is 0. The Morgan fingerprint density at radius 2 is 1.86 bits per heavy atom. The van der Waals surface area contributed by atoms with Gasteiger partial charge in [-0.3, -0.25) is 4.79 Å². The monoisotopic (exact) mass is 278 g/mol. The van der Waals surface area contributed by atoms with Crippen molar-refractivity contribution in [3.8, 4) is 11.4 Å². The lowest BCUT2D eigenvalue weighted by Gasteiger charge is -2.07. The SMILES string of the molecule is Nc1ccccc1C(=O)Nc1ccc(-c2ncc[nH]2)cc1. The molecule has 5 heteroatoms. The van der Waals surface area contributed by atoms with E-state index in [-0.39, 0.29) is 5.91 Å². The van der Waals surface area contributed by atoms with Crippen LogP contribution in [0.15, 0.2) is 60.9 Å². The number of aromatic amines is 1. The van der Waals surface area contributed by atoms with Crippen LogP contribution in [0.4, 0.5) is 11.4 Å². The van der Waals surface area contributed by atoms with Gasteiger partial charge in [-0.1, -0.05) is 12.1 Å². The van der Waals surface area contributed by atoms with Crippen molar-refractivity contribution in [1.82, 2.24) is 9.97 Å². The highest BCUT2D eigenvalue weighted by molar-refractivity contribution is 6.07. The minimum absolute atomic E-state index is 0.223. The average molecular weight is 278 g/mol. The summed E-state index contributed by atoms with van der Waals surface area (Å²) in [7, 11) is 0. The molecule has 104 valence electrons. The molecule has 21 heavy (non-hydrogen) atoms. The second kappa shape index (κ2) is 5.50. The van der Waals surface area contributed by atoms with E-state index in [0.29, 0.717) is 16.9 Å². The molecular weight excluding hydrogens is 264 g/mol. The first-order chi connectivity index (χ1) is 10.2. The lowest BCUT2D eigenvalue weighted by molar-refractivity contribution is 0.102. The predicted molar refractivity (Wildman–Crippen MR) is 82.8 cm³/mol. The summed E-state index contributed by atoms with van der Waals surface area (Å²) in [5.74, 6) is 0.569. The molecule has 1 aromatic heterocycles. The van der Waals surface area contributed by atoms with Crippen molar-refractivity contribution >= 4 is 17.3 Å². The van der Waals surface area contributed by atoms with Crippen LogP contribution in [0.3, 0.4) is 0 Å². The number of nitrogen functional groups attached to an aromatic ring is 1. The zero-order valence-electron chi connectivity index (χ0n) is 11.2. The number of H-pyrrole nitrogens is 1. The number of imidazole rings is 1. The molecule has 3 rings (SSSR count). The Hall–Kier alpha value is -3.08. The number of hydrogen-bond donors (Lipinski definition) is 3. The molecule has 1 heterocycles.